The molecule has 0 unspecified atom stereocenters. The van der Waals surface area contributed by atoms with Crippen LogP contribution >= 0.6 is 22.6 Å². The number of benzene rings is 1. The number of rotatable bonds is 1. The van der Waals surface area contributed by atoms with Crippen LogP contribution < -0.4 is 5.32 Å². The molecule has 0 bridgehead atoms. The van der Waals surface area contributed by atoms with Crippen molar-refractivity contribution in [2.75, 3.05) is 14.1 Å². The summed E-state index contributed by atoms with van der Waals surface area (Å²) in [6, 6.07) is 5.54. The summed E-state index contributed by atoms with van der Waals surface area (Å²) in [6.07, 6.45) is 1.87. The molecule has 1 aliphatic rings. The van der Waals surface area contributed by atoms with Gasteiger partial charge in [-0.3, -0.25) is 9.59 Å². The highest BCUT2D eigenvalue weighted by Gasteiger charge is 2.24. The third kappa shape index (κ3) is 2.72. The molecule has 0 saturated heterocycles. The fourth-order valence-electron chi connectivity index (χ4n) is 1.85. The quantitative estimate of drug-likeness (QED) is 0.614. The lowest BCUT2D eigenvalue weighted by molar-refractivity contribution is -0.119. The topological polar surface area (TPSA) is 49.4 Å². The molecule has 2 rings (SSSR count). The summed E-state index contributed by atoms with van der Waals surface area (Å²) in [5, 5.41) is 2.65. The molecule has 94 valence electrons. The standard InChI is InChI=1S/C13H13IN2O2/c1-16(2)7-11-13(18)10-4-3-9(14)5-8(10)6-12(17)15-11/h3-5,7H,6H2,1-2H3,(H,15,17). The molecule has 1 aromatic rings. The zero-order chi connectivity index (χ0) is 13.3. The van der Waals surface area contributed by atoms with Gasteiger partial charge >= 0.3 is 0 Å². The Balaban J connectivity index is 2.52. The van der Waals surface area contributed by atoms with Crippen molar-refractivity contribution in [3.05, 3.63) is 44.8 Å². The van der Waals surface area contributed by atoms with Crippen molar-refractivity contribution in [2.24, 2.45) is 0 Å². The number of amides is 1. The maximum atomic E-state index is 12.3. The van der Waals surface area contributed by atoms with Crippen LogP contribution in [0.3, 0.4) is 0 Å². The van der Waals surface area contributed by atoms with Gasteiger partial charge in [0.1, 0.15) is 5.70 Å². The zero-order valence-corrected chi connectivity index (χ0v) is 12.3. The average molecular weight is 356 g/mol. The third-order valence-corrected chi connectivity index (χ3v) is 3.24. The minimum absolute atomic E-state index is 0.138. The molecule has 0 fully saturated rings. The summed E-state index contributed by atoms with van der Waals surface area (Å²) in [5.74, 6) is -0.293. The maximum Gasteiger partial charge on any atom is 0.228 e. The monoisotopic (exact) mass is 356 g/mol. The number of allylic oxidation sites excluding steroid dienone is 1. The summed E-state index contributed by atoms with van der Waals surface area (Å²) in [4.78, 5) is 25.8. The predicted molar refractivity (Wildman–Crippen MR) is 77.1 cm³/mol. The van der Waals surface area contributed by atoms with E-state index in [-0.39, 0.29) is 18.1 Å². The number of halogens is 1. The summed E-state index contributed by atoms with van der Waals surface area (Å²) < 4.78 is 1.02. The van der Waals surface area contributed by atoms with Crippen molar-refractivity contribution in [3.8, 4) is 0 Å². The second-order valence-electron chi connectivity index (χ2n) is 4.36. The molecule has 5 heteroatoms. The van der Waals surface area contributed by atoms with Crippen LogP contribution in [-0.2, 0) is 11.2 Å². The number of hydrogen-bond donors (Lipinski definition) is 1. The highest BCUT2D eigenvalue weighted by Crippen LogP contribution is 2.20. The van der Waals surface area contributed by atoms with Crippen LogP contribution in [-0.4, -0.2) is 30.7 Å². The minimum Gasteiger partial charge on any atom is -0.382 e. The number of ketones is 1. The number of nitrogens with zero attached hydrogens (tertiary/aromatic N) is 1. The lowest BCUT2D eigenvalue weighted by atomic mass is 10.0. The zero-order valence-electron chi connectivity index (χ0n) is 10.2. The van der Waals surface area contributed by atoms with Crippen LogP contribution in [0, 0.1) is 3.57 Å². The fourth-order valence-corrected chi connectivity index (χ4v) is 2.40. The normalized spacial score (nSPS) is 17.2. The number of nitrogens with one attached hydrogen (secondary N) is 1. The van der Waals surface area contributed by atoms with Gasteiger partial charge in [0, 0.05) is 29.4 Å². The Morgan fingerprint density at radius 2 is 2.06 bits per heavy atom. The highest BCUT2D eigenvalue weighted by molar-refractivity contribution is 14.1. The van der Waals surface area contributed by atoms with Crippen molar-refractivity contribution in [1.82, 2.24) is 10.2 Å². The second kappa shape index (κ2) is 5.09. The number of Topliss-reactive ketones (excluding diaryl/α,β-unsaturated/α-hetero) is 1. The smallest absolute Gasteiger partial charge is 0.228 e. The van der Waals surface area contributed by atoms with E-state index in [1.165, 1.54) is 0 Å². The van der Waals surface area contributed by atoms with Gasteiger partial charge in [-0.25, -0.2) is 0 Å². The van der Waals surface area contributed by atoms with Gasteiger partial charge in [-0.15, -0.1) is 0 Å². The van der Waals surface area contributed by atoms with Crippen LogP contribution in [0.15, 0.2) is 30.1 Å². The Hall–Kier alpha value is -1.37. The number of hydrogen-bond acceptors (Lipinski definition) is 3. The second-order valence-corrected chi connectivity index (χ2v) is 5.61. The van der Waals surface area contributed by atoms with E-state index < -0.39 is 0 Å². The SMILES string of the molecule is CN(C)C=C1NC(=O)Cc2cc(I)ccc2C1=O. The molecule has 1 aliphatic heterocycles. The first-order valence-electron chi connectivity index (χ1n) is 5.48. The van der Waals surface area contributed by atoms with Gasteiger partial charge in [0.05, 0.1) is 6.42 Å². The van der Waals surface area contributed by atoms with E-state index in [9.17, 15) is 9.59 Å². The van der Waals surface area contributed by atoms with Crippen LogP contribution in [0.1, 0.15) is 15.9 Å². The van der Waals surface area contributed by atoms with Gasteiger partial charge < -0.3 is 10.2 Å². The molecule has 1 N–H and O–H groups in total. The first-order chi connectivity index (χ1) is 8.47. The molecule has 0 spiro atoms. The molecular weight excluding hydrogens is 343 g/mol. The van der Waals surface area contributed by atoms with E-state index in [1.54, 1.807) is 17.2 Å². The van der Waals surface area contributed by atoms with Crippen LogP contribution in [0.5, 0.6) is 0 Å². The molecule has 0 radical (unpaired) electrons. The van der Waals surface area contributed by atoms with Crippen molar-refractivity contribution < 1.29 is 9.59 Å². The summed E-state index contributed by atoms with van der Waals surface area (Å²) in [7, 11) is 3.62. The lowest BCUT2D eigenvalue weighted by Gasteiger charge is -2.10. The molecule has 1 amide bonds. The largest absolute Gasteiger partial charge is 0.382 e. The minimum atomic E-state index is -0.155. The Kier molecular flexibility index (Phi) is 3.70. The Morgan fingerprint density at radius 1 is 1.33 bits per heavy atom. The van der Waals surface area contributed by atoms with Gasteiger partial charge in [-0.1, -0.05) is 0 Å². The number of fused-ring (bicyclic) bond motifs is 1. The Labute approximate surface area is 119 Å². The summed E-state index contributed by atoms with van der Waals surface area (Å²) in [6.45, 7) is 0. The number of carbonyl (C=O) groups excluding carboxylic acids is 2. The first-order valence-corrected chi connectivity index (χ1v) is 6.56. The van der Waals surface area contributed by atoms with Crippen molar-refractivity contribution >= 4 is 34.3 Å². The predicted octanol–water partition coefficient (Wildman–Crippen LogP) is 1.55. The summed E-state index contributed by atoms with van der Waals surface area (Å²) in [5.41, 5.74) is 1.71. The van der Waals surface area contributed by atoms with Gasteiger partial charge in [0.2, 0.25) is 11.7 Å². The molecule has 4 nitrogen and oxygen atoms in total. The van der Waals surface area contributed by atoms with Crippen LogP contribution in [0.2, 0.25) is 0 Å². The Morgan fingerprint density at radius 3 is 2.72 bits per heavy atom. The van der Waals surface area contributed by atoms with Gasteiger partial charge in [0.25, 0.3) is 0 Å². The van der Waals surface area contributed by atoms with Gasteiger partial charge in [-0.05, 0) is 46.4 Å². The molecule has 0 aromatic heterocycles. The van der Waals surface area contributed by atoms with E-state index in [0.29, 0.717) is 11.3 Å². The van der Waals surface area contributed by atoms with E-state index in [1.807, 2.05) is 26.2 Å². The van der Waals surface area contributed by atoms with Crippen LogP contribution in [0.4, 0.5) is 0 Å². The molecule has 1 heterocycles. The summed E-state index contributed by atoms with van der Waals surface area (Å²) >= 11 is 2.17. The van der Waals surface area contributed by atoms with Gasteiger partial charge in [-0.2, -0.15) is 0 Å². The van der Waals surface area contributed by atoms with Crippen molar-refractivity contribution in [2.45, 2.75) is 6.42 Å². The van der Waals surface area contributed by atoms with E-state index in [2.05, 4.69) is 27.9 Å². The van der Waals surface area contributed by atoms with Crippen molar-refractivity contribution in [3.63, 3.8) is 0 Å². The van der Waals surface area contributed by atoms with E-state index >= 15 is 0 Å². The highest BCUT2D eigenvalue weighted by atomic mass is 127. The van der Waals surface area contributed by atoms with Gasteiger partial charge in [0.15, 0.2) is 0 Å². The number of carbonyl (C=O) groups is 2. The molecule has 0 aliphatic carbocycles. The van der Waals surface area contributed by atoms with Crippen molar-refractivity contribution in [1.29, 1.82) is 0 Å². The fraction of sp³-hybridized carbons (Fsp3) is 0.231. The molecule has 0 saturated carbocycles. The first kappa shape index (κ1) is 13.1. The third-order valence-electron chi connectivity index (χ3n) is 2.57. The average Bonchev–Trinajstić information content (AvgIpc) is 2.36. The lowest BCUT2D eigenvalue weighted by Crippen LogP contribution is -2.26. The molecule has 0 atom stereocenters. The van der Waals surface area contributed by atoms with Crippen LogP contribution in [0.25, 0.3) is 0 Å². The molecule has 1 aromatic carbocycles. The molecule has 18 heavy (non-hydrogen) atoms. The Bertz CT molecular complexity index is 550. The van der Waals surface area contributed by atoms with E-state index in [4.69, 9.17) is 0 Å². The maximum absolute atomic E-state index is 12.3. The van der Waals surface area contributed by atoms with E-state index in [0.717, 1.165) is 9.13 Å². The molecular formula is C13H13IN2O2.